The standard InChI is InChI=1S/C22H37ClN2O2S2/c1-13-14-8-10-21(4,26)19(25-29-7)18(14)15(12-16(13)24-28-6)22(5)11-9-17(23)20(2,3)27-22/h6,13-19,24,26H,7-12H2,1-5H3/t13-,14+,15-,16-,17-,18-,19+,21+,22+/m1/s1. The van der Waals surface area contributed by atoms with Crippen molar-refractivity contribution in [3.05, 3.63) is 0 Å². The van der Waals surface area contributed by atoms with Crippen LogP contribution in [0.25, 0.3) is 0 Å². The van der Waals surface area contributed by atoms with E-state index in [0.29, 0.717) is 17.9 Å². The molecule has 29 heavy (non-hydrogen) atoms. The highest BCUT2D eigenvalue weighted by molar-refractivity contribution is 7.86. The van der Waals surface area contributed by atoms with Gasteiger partial charge in [0.2, 0.25) is 0 Å². The van der Waals surface area contributed by atoms with Crippen molar-refractivity contribution in [3.63, 3.8) is 0 Å². The fraction of sp³-hybridized carbons (Fsp3) is 0.909. The summed E-state index contributed by atoms with van der Waals surface area (Å²) in [6.07, 6.45) is 4.56. The van der Waals surface area contributed by atoms with Gasteiger partial charge in [0, 0.05) is 6.04 Å². The largest absolute Gasteiger partial charge is 0.388 e. The van der Waals surface area contributed by atoms with E-state index in [1.807, 2.05) is 6.92 Å². The van der Waals surface area contributed by atoms with Gasteiger partial charge in [-0.15, -0.1) is 11.6 Å². The van der Waals surface area contributed by atoms with Crippen LogP contribution in [0.3, 0.4) is 0 Å². The van der Waals surface area contributed by atoms with Gasteiger partial charge < -0.3 is 9.84 Å². The van der Waals surface area contributed by atoms with E-state index < -0.39 is 5.60 Å². The van der Waals surface area contributed by atoms with Gasteiger partial charge in [-0.05, 0) is 89.3 Å². The molecule has 4 nitrogen and oxygen atoms in total. The van der Waals surface area contributed by atoms with Gasteiger partial charge in [-0.1, -0.05) is 35.1 Å². The average Bonchev–Trinajstić information content (AvgIpc) is 2.62. The van der Waals surface area contributed by atoms with Crippen LogP contribution in [0.2, 0.25) is 0 Å². The van der Waals surface area contributed by atoms with Crippen molar-refractivity contribution in [2.75, 3.05) is 0 Å². The van der Waals surface area contributed by atoms with E-state index in [0.717, 1.165) is 32.1 Å². The van der Waals surface area contributed by atoms with Crippen LogP contribution >= 0.6 is 23.0 Å². The summed E-state index contributed by atoms with van der Waals surface area (Å²) in [6.45, 7) is 10.7. The van der Waals surface area contributed by atoms with Gasteiger partial charge in [-0.25, -0.2) is 9.08 Å². The molecule has 0 amide bonds. The lowest BCUT2D eigenvalue weighted by Crippen LogP contribution is -2.64. The summed E-state index contributed by atoms with van der Waals surface area (Å²) in [4.78, 5) is 0. The lowest BCUT2D eigenvalue weighted by molar-refractivity contribution is -0.221. The SMILES string of the molecule is C#SN[C@@H]1C[C@@H]([C@]2(C)CC[C@@H](Cl)C(C)(C)O2)[C@H]2[C@@H](CC[C@](C)(O)[C@H]2N=S=C)[C@H]1C. The summed E-state index contributed by atoms with van der Waals surface area (Å²) in [7, 11) is 0. The van der Waals surface area contributed by atoms with E-state index in [9.17, 15) is 5.11 Å². The van der Waals surface area contributed by atoms with Crippen LogP contribution in [0.1, 0.15) is 66.7 Å². The molecule has 0 unspecified atom stereocenters. The number of fused-ring (bicyclic) bond motifs is 1. The second-order valence-corrected chi connectivity index (χ2v) is 11.9. The van der Waals surface area contributed by atoms with E-state index in [4.69, 9.17) is 26.4 Å². The van der Waals surface area contributed by atoms with Gasteiger partial charge in [-0.2, -0.15) is 0 Å². The molecule has 1 heterocycles. The quantitative estimate of drug-likeness (QED) is 0.366. The van der Waals surface area contributed by atoms with Crippen LogP contribution in [0.5, 0.6) is 0 Å². The number of hydrogen-bond acceptors (Lipinski definition) is 4. The Labute approximate surface area is 189 Å². The van der Waals surface area contributed by atoms with Gasteiger partial charge in [-0.3, -0.25) is 0 Å². The molecule has 2 aliphatic carbocycles. The molecule has 0 aromatic heterocycles. The maximum Gasteiger partial charge on any atom is 0.0940 e. The highest BCUT2D eigenvalue weighted by Gasteiger charge is 2.59. The van der Waals surface area contributed by atoms with Gasteiger partial charge in [0.1, 0.15) is 0 Å². The van der Waals surface area contributed by atoms with Gasteiger partial charge >= 0.3 is 0 Å². The molecule has 1 saturated heterocycles. The molecule has 3 rings (SSSR count). The maximum atomic E-state index is 11.3. The van der Waals surface area contributed by atoms with E-state index >= 15 is 0 Å². The van der Waals surface area contributed by atoms with Crippen molar-refractivity contribution in [1.29, 1.82) is 0 Å². The third-order valence-corrected chi connectivity index (χ3v) is 9.66. The third kappa shape index (κ3) is 4.37. The van der Waals surface area contributed by atoms with Crippen molar-refractivity contribution in [2.24, 2.45) is 28.0 Å². The van der Waals surface area contributed by atoms with E-state index in [1.165, 1.54) is 22.5 Å². The highest BCUT2D eigenvalue weighted by atomic mass is 35.5. The van der Waals surface area contributed by atoms with Crippen LogP contribution in [0.4, 0.5) is 0 Å². The summed E-state index contributed by atoms with van der Waals surface area (Å²) in [5.41, 5.74) is 4.29. The zero-order chi connectivity index (χ0) is 21.6. The Kier molecular flexibility index (Phi) is 6.98. The molecule has 0 spiro atoms. The molecule has 0 aromatic rings. The summed E-state index contributed by atoms with van der Waals surface area (Å²) in [5.74, 6) is 5.30. The lowest BCUT2D eigenvalue weighted by atomic mass is 9.52. The van der Waals surface area contributed by atoms with Crippen molar-refractivity contribution in [1.82, 2.24) is 4.72 Å². The third-order valence-electron chi connectivity index (χ3n) is 8.10. The average molecular weight is 461 g/mol. The first kappa shape index (κ1) is 23.7. The molecule has 0 bridgehead atoms. The lowest BCUT2D eigenvalue weighted by Gasteiger charge is -2.60. The van der Waals surface area contributed by atoms with Gasteiger partial charge in [0.05, 0.1) is 28.2 Å². The van der Waals surface area contributed by atoms with Crippen LogP contribution in [0, 0.1) is 29.4 Å². The number of ether oxygens (including phenoxy) is 1. The Morgan fingerprint density at radius 3 is 2.52 bits per heavy atom. The number of rotatable bonds is 3. The molecule has 166 valence electrons. The smallest absolute Gasteiger partial charge is 0.0940 e. The van der Waals surface area contributed by atoms with E-state index in [-0.39, 0.29) is 34.5 Å². The molecule has 7 heteroatoms. The Balaban J connectivity index is 2.06. The van der Waals surface area contributed by atoms with Gasteiger partial charge in [0.25, 0.3) is 0 Å². The van der Waals surface area contributed by atoms with Crippen molar-refractivity contribution < 1.29 is 9.84 Å². The topological polar surface area (TPSA) is 53.8 Å². The Bertz CT molecular complexity index is 718. The minimum Gasteiger partial charge on any atom is -0.388 e. The molecule has 1 aliphatic heterocycles. The van der Waals surface area contributed by atoms with E-state index in [1.54, 1.807) is 0 Å². The van der Waals surface area contributed by atoms with Crippen LogP contribution in [-0.4, -0.2) is 45.2 Å². The fourth-order valence-corrected chi connectivity index (χ4v) is 7.59. The zero-order valence-electron chi connectivity index (χ0n) is 18.4. The van der Waals surface area contributed by atoms with Crippen molar-refractivity contribution in [3.8, 4) is 5.69 Å². The zero-order valence-corrected chi connectivity index (χ0v) is 20.7. The van der Waals surface area contributed by atoms with Crippen molar-refractivity contribution in [2.45, 2.75) is 101 Å². The van der Waals surface area contributed by atoms with E-state index in [2.05, 4.69) is 38.3 Å². The molecule has 0 radical (unpaired) electrons. The molecular formula is C22H37ClN2O2S2. The monoisotopic (exact) mass is 460 g/mol. The summed E-state index contributed by atoms with van der Waals surface area (Å²) >= 11 is 9.06. The Morgan fingerprint density at radius 2 is 1.93 bits per heavy atom. The van der Waals surface area contributed by atoms with Crippen LogP contribution in [-0.2, 0) is 15.9 Å². The first-order valence-corrected chi connectivity index (χ1v) is 13.0. The number of nitrogens with one attached hydrogen (secondary N) is 1. The molecule has 2 saturated carbocycles. The first-order chi connectivity index (χ1) is 13.5. The molecule has 2 N–H and O–H groups in total. The predicted molar refractivity (Wildman–Crippen MR) is 127 cm³/mol. The molecule has 3 fully saturated rings. The maximum absolute atomic E-state index is 11.3. The summed E-state index contributed by atoms with van der Waals surface area (Å²) in [5, 5.41) is 11.3. The number of alkyl halides is 1. The predicted octanol–water partition coefficient (Wildman–Crippen LogP) is 4.64. The molecule has 3 aliphatic rings. The fourth-order valence-electron chi connectivity index (χ4n) is 6.42. The normalized spacial score (nSPS) is 49.7. The minimum absolute atomic E-state index is 0.00718. The second-order valence-electron chi connectivity index (χ2n) is 10.4. The number of hydrogen-bond donors (Lipinski definition) is 2. The molecule has 0 aromatic carbocycles. The summed E-state index contributed by atoms with van der Waals surface area (Å²) < 4.78 is 15.0. The second kappa shape index (κ2) is 8.54. The van der Waals surface area contributed by atoms with Crippen LogP contribution in [0.15, 0.2) is 4.36 Å². The molecule has 9 atom stereocenters. The Morgan fingerprint density at radius 1 is 1.24 bits per heavy atom. The number of nitrogens with zero attached hydrogens (tertiary/aromatic N) is 1. The minimum atomic E-state index is -0.817. The first-order valence-electron chi connectivity index (χ1n) is 10.8. The highest BCUT2D eigenvalue weighted by Crippen LogP contribution is 2.56. The Hall–Kier alpha value is 0.0600. The number of aliphatic hydroxyl groups is 1. The van der Waals surface area contributed by atoms with Gasteiger partial charge in [0.15, 0.2) is 0 Å². The number of halogens is 1. The van der Waals surface area contributed by atoms with Crippen molar-refractivity contribution >= 4 is 40.0 Å². The molecular weight excluding hydrogens is 424 g/mol. The van der Waals surface area contributed by atoms with Crippen LogP contribution < -0.4 is 4.72 Å². The summed E-state index contributed by atoms with van der Waals surface area (Å²) in [6, 6.07) is 0.157.